The molecule has 0 saturated heterocycles. The molecule has 35 heavy (non-hydrogen) atoms. The Morgan fingerprint density at radius 1 is 1.06 bits per heavy atom. The fraction of sp³-hybridized carbons (Fsp3) is 0.269. The van der Waals surface area contributed by atoms with Crippen molar-refractivity contribution in [2.75, 3.05) is 27.9 Å². The first kappa shape index (κ1) is 24.3. The van der Waals surface area contributed by atoms with Crippen LogP contribution in [0.15, 0.2) is 63.5 Å². The predicted molar refractivity (Wildman–Crippen MR) is 133 cm³/mol. The summed E-state index contributed by atoms with van der Waals surface area (Å²) in [5.41, 5.74) is 2.08. The van der Waals surface area contributed by atoms with Crippen LogP contribution < -0.4 is 29.1 Å². The molecular weight excluding hydrogens is 468 g/mol. The lowest BCUT2D eigenvalue weighted by atomic mass is 9.95. The molecular formula is C26H26N2O6S. The normalized spacial score (nSPS) is 15.3. The SMILES string of the molecule is CCOC(=O)C1=C(C)N=c2s/c(=C/c3ccc(OC)cc3)c(=O)n2C1c1ccc(OC)c(OC)c1. The van der Waals surface area contributed by atoms with Crippen molar-refractivity contribution < 1.29 is 23.7 Å². The highest BCUT2D eigenvalue weighted by Gasteiger charge is 2.33. The van der Waals surface area contributed by atoms with E-state index in [0.717, 1.165) is 11.3 Å². The lowest BCUT2D eigenvalue weighted by Gasteiger charge is -2.25. The average molecular weight is 495 g/mol. The maximum Gasteiger partial charge on any atom is 0.338 e. The van der Waals surface area contributed by atoms with Crippen molar-refractivity contribution >= 4 is 23.4 Å². The lowest BCUT2D eigenvalue weighted by molar-refractivity contribution is -0.139. The Hall–Kier alpha value is -3.85. The van der Waals surface area contributed by atoms with Gasteiger partial charge in [0.05, 0.1) is 49.8 Å². The first-order valence-electron chi connectivity index (χ1n) is 11.0. The zero-order valence-corrected chi connectivity index (χ0v) is 21.0. The van der Waals surface area contributed by atoms with Crippen molar-refractivity contribution in [2.24, 2.45) is 4.99 Å². The highest BCUT2D eigenvalue weighted by Crippen LogP contribution is 2.36. The standard InChI is InChI=1S/C26H26N2O6S/c1-6-34-25(30)22-15(2)27-26-28(23(22)17-9-12-19(32-4)20(14-17)33-5)24(29)21(35-26)13-16-7-10-18(31-3)11-8-16/h7-14,23H,6H2,1-5H3/b21-13+. The first-order chi connectivity index (χ1) is 16.9. The van der Waals surface area contributed by atoms with Crippen molar-refractivity contribution in [3.8, 4) is 17.2 Å². The monoisotopic (exact) mass is 494 g/mol. The minimum absolute atomic E-state index is 0.205. The Morgan fingerprint density at radius 3 is 2.40 bits per heavy atom. The minimum Gasteiger partial charge on any atom is -0.497 e. The Balaban J connectivity index is 1.94. The lowest BCUT2D eigenvalue weighted by Crippen LogP contribution is -2.39. The van der Waals surface area contributed by atoms with E-state index in [-0.39, 0.29) is 12.2 Å². The van der Waals surface area contributed by atoms with E-state index in [2.05, 4.69) is 4.99 Å². The number of esters is 1. The van der Waals surface area contributed by atoms with Gasteiger partial charge in [-0.25, -0.2) is 9.79 Å². The third kappa shape index (κ3) is 4.59. The number of aromatic nitrogens is 1. The van der Waals surface area contributed by atoms with Gasteiger partial charge in [0.15, 0.2) is 16.3 Å². The maximum absolute atomic E-state index is 13.7. The molecule has 1 unspecified atom stereocenters. The number of nitrogens with zero attached hydrogens (tertiary/aromatic N) is 2. The third-order valence-corrected chi connectivity index (χ3v) is 6.64. The van der Waals surface area contributed by atoms with Crippen molar-refractivity contribution in [2.45, 2.75) is 19.9 Å². The highest BCUT2D eigenvalue weighted by atomic mass is 32.1. The molecule has 0 bridgehead atoms. The number of fused-ring (bicyclic) bond motifs is 1. The van der Waals surface area contributed by atoms with Crippen LogP contribution in [0.4, 0.5) is 0 Å². The minimum atomic E-state index is -0.733. The number of ether oxygens (including phenoxy) is 4. The summed E-state index contributed by atoms with van der Waals surface area (Å²) in [4.78, 5) is 31.8. The summed E-state index contributed by atoms with van der Waals surface area (Å²) in [5.74, 6) is 1.24. The molecule has 4 rings (SSSR count). The molecule has 1 aromatic heterocycles. The zero-order valence-electron chi connectivity index (χ0n) is 20.2. The molecule has 2 heterocycles. The Labute approximate surface area is 206 Å². The number of methoxy groups -OCH3 is 3. The van der Waals surface area contributed by atoms with Crippen molar-refractivity contribution in [1.82, 2.24) is 4.57 Å². The van der Waals surface area contributed by atoms with Crippen molar-refractivity contribution in [3.05, 3.63) is 84.5 Å². The molecule has 1 atom stereocenters. The van der Waals surface area contributed by atoms with Gasteiger partial charge in [0.25, 0.3) is 5.56 Å². The molecule has 9 heteroatoms. The van der Waals surface area contributed by atoms with Crippen LogP contribution in [0.2, 0.25) is 0 Å². The molecule has 0 N–H and O–H groups in total. The summed E-state index contributed by atoms with van der Waals surface area (Å²) in [7, 11) is 4.69. The second-order valence-corrected chi connectivity index (χ2v) is 8.70. The van der Waals surface area contributed by atoms with Gasteiger partial charge in [0, 0.05) is 0 Å². The Kier molecular flexibility index (Phi) is 7.07. The van der Waals surface area contributed by atoms with E-state index < -0.39 is 12.0 Å². The van der Waals surface area contributed by atoms with Crippen molar-refractivity contribution in [3.63, 3.8) is 0 Å². The Bertz CT molecular complexity index is 1470. The molecule has 1 aliphatic rings. The quantitative estimate of drug-likeness (QED) is 0.470. The molecule has 0 amide bonds. The average Bonchev–Trinajstić information content (AvgIpc) is 3.17. The van der Waals surface area contributed by atoms with E-state index in [1.165, 1.54) is 18.4 Å². The molecule has 0 spiro atoms. The van der Waals surface area contributed by atoms with Crippen LogP contribution in [0.5, 0.6) is 17.2 Å². The van der Waals surface area contributed by atoms with Crippen LogP contribution in [0.1, 0.15) is 31.0 Å². The molecule has 0 fully saturated rings. The van der Waals surface area contributed by atoms with Gasteiger partial charge in [-0.1, -0.05) is 29.5 Å². The van der Waals surface area contributed by atoms with Crippen LogP contribution in [0.3, 0.4) is 0 Å². The predicted octanol–water partition coefficient (Wildman–Crippen LogP) is 2.82. The first-order valence-corrected chi connectivity index (χ1v) is 11.8. The van der Waals surface area contributed by atoms with Crippen LogP contribution in [0.25, 0.3) is 6.08 Å². The van der Waals surface area contributed by atoms with E-state index >= 15 is 0 Å². The molecule has 0 saturated carbocycles. The van der Waals surface area contributed by atoms with Gasteiger partial charge >= 0.3 is 5.97 Å². The molecule has 0 aliphatic carbocycles. The van der Waals surface area contributed by atoms with Crippen molar-refractivity contribution in [1.29, 1.82) is 0 Å². The van der Waals surface area contributed by atoms with Crippen LogP contribution in [-0.2, 0) is 9.53 Å². The summed E-state index contributed by atoms with van der Waals surface area (Å²) < 4.78 is 23.4. The van der Waals surface area contributed by atoms with Crippen LogP contribution in [0, 0.1) is 0 Å². The van der Waals surface area contributed by atoms with E-state index in [1.807, 2.05) is 30.3 Å². The molecule has 1 aliphatic heterocycles. The summed E-state index contributed by atoms with van der Waals surface area (Å²) >= 11 is 1.27. The van der Waals surface area contributed by atoms with Gasteiger partial charge in [0.2, 0.25) is 0 Å². The number of carbonyl (C=O) groups is 1. The summed E-state index contributed by atoms with van der Waals surface area (Å²) in [5, 5.41) is 0. The number of thiazole rings is 1. The van der Waals surface area contributed by atoms with E-state index in [4.69, 9.17) is 18.9 Å². The van der Waals surface area contributed by atoms with Crippen LogP contribution in [-0.4, -0.2) is 38.5 Å². The molecule has 8 nitrogen and oxygen atoms in total. The third-order valence-electron chi connectivity index (χ3n) is 5.65. The smallest absolute Gasteiger partial charge is 0.338 e. The van der Waals surface area contributed by atoms with E-state index in [1.54, 1.807) is 50.8 Å². The fourth-order valence-corrected chi connectivity index (χ4v) is 5.03. The van der Waals surface area contributed by atoms with Gasteiger partial charge in [0.1, 0.15) is 5.75 Å². The topological polar surface area (TPSA) is 88.4 Å². The molecule has 2 aromatic carbocycles. The largest absolute Gasteiger partial charge is 0.497 e. The molecule has 182 valence electrons. The van der Waals surface area contributed by atoms with E-state index in [9.17, 15) is 9.59 Å². The van der Waals surface area contributed by atoms with Crippen LogP contribution >= 0.6 is 11.3 Å². The number of benzene rings is 2. The van der Waals surface area contributed by atoms with Gasteiger partial charge < -0.3 is 18.9 Å². The Morgan fingerprint density at radius 2 is 1.77 bits per heavy atom. The van der Waals surface area contributed by atoms with Gasteiger partial charge in [-0.15, -0.1) is 0 Å². The highest BCUT2D eigenvalue weighted by molar-refractivity contribution is 7.07. The summed E-state index contributed by atoms with van der Waals surface area (Å²) in [6, 6.07) is 12.0. The van der Waals surface area contributed by atoms with E-state index in [0.29, 0.717) is 37.7 Å². The van der Waals surface area contributed by atoms with Gasteiger partial charge in [-0.05, 0) is 55.3 Å². The fourth-order valence-electron chi connectivity index (χ4n) is 3.98. The number of hydrogen-bond acceptors (Lipinski definition) is 8. The molecule has 3 aromatic rings. The second kappa shape index (κ2) is 10.2. The zero-order chi connectivity index (χ0) is 25.1. The number of carbonyl (C=O) groups excluding carboxylic acids is 1. The summed E-state index contributed by atoms with van der Waals surface area (Å²) in [6.45, 7) is 3.69. The maximum atomic E-state index is 13.7. The second-order valence-electron chi connectivity index (χ2n) is 7.69. The van der Waals surface area contributed by atoms with Gasteiger partial charge in [-0.2, -0.15) is 0 Å². The number of hydrogen-bond donors (Lipinski definition) is 0. The summed E-state index contributed by atoms with van der Waals surface area (Å²) in [6.07, 6.45) is 1.80. The molecule has 0 radical (unpaired) electrons. The number of allylic oxidation sites excluding steroid dienone is 1. The number of rotatable bonds is 7. The van der Waals surface area contributed by atoms with Gasteiger partial charge in [-0.3, -0.25) is 9.36 Å².